The second kappa shape index (κ2) is 6.37. The number of aliphatic carboxylic acids is 1. The van der Waals surface area contributed by atoms with Crippen LogP contribution in [-0.2, 0) is 14.3 Å². The van der Waals surface area contributed by atoms with E-state index in [0.717, 1.165) is 0 Å². The van der Waals surface area contributed by atoms with E-state index < -0.39 is 18.0 Å². The average molecular weight is 203 g/mol. The van der Waals surface area contributed by atoms with Gasteiger partial charge < -0.3 is 15.6 Å². The normalized spacial score (nSPS) is 12.6. The molecular formula is C9H17NO4. The van der Waals surface area contributed by atoms with Gasteiger partial charge in [-0.3, -0.25) is 9.59 Å². The first-order valence-corrected chi connectivity index (χ1v) is 4.57. The molecule has 3 N–H and O–H groups in total. The summed E-state index contributed by atoms with van der Waals surface area (Å²) < 4.78 is 4.67. The Labute approximate surface area is 83.2 Å². The topological polar surface area (TPSA) is 89.6 Å². The molecule has 0 spiro atoms. The minimum absolute atomic E-state index is 0.111. The van der Waals surface area contributed by atoms with Gasteiger partial charge >= 0.3 is 11.9 Å². The summed E-state index contributed by atoms with van der Waals surface area (Å²) in [4.78, 5) is 21.2. The van der Waals surface area contributed by atoms with Gasteiger partial charge in [0.15, 0.2) is 0 Å². The maximum Gasteiger partial charge on any atom is 0.322 e. The zero-order valence-corrected chi connectivity index (χ0v) is 8.53. The number of hydrogen-bond donors (Lipinski definition) is 2. The summed E-state index contributed by atoms with van der Waals surface area (Å²) in [5.74, 6) is -1.20. The fraction of sp³-hybridized carbons (Fsp3) is 0.778. The van der Waals surface area contributed by atoms with Crippen molar-refractivity contribution in [1.29, 1.82) is 0 Å². The average Bonchev–Trinajstić information content (AvgIpc) is 2.01. The lowest BCUT2D eigenvalue weighted by molar-refractivity contribution is -0.148. The number of carbonyl (C=O) groups excluding carboxylic acids is 1. The maximum atomic E-state index is 11.1. The number of carboxylic acids is 1. The highest BCUT2D eigenvalue weighted by atomic mass is 16.5. The van der Waals surface area contributed by atoms with Crippen molar-refractivity contribution >= 4 is 11.9 Å². The van der Waals surface area contributed by atoms with Crippen molar-refractivity contribution in [3.8, 4) is 0 Å². The molecule has 1 atom stereocenters. The third kappa shape index (κ3) is 6.42. The molecule has 5 heteroatoms. The van der Waals surface area contributed by atoms with E-state index in [1.165, 1.54) is 0 Å². The minimum atomic E-state index is -0.991. The van der Waals surface area contributed by atoms with E-state index in [4.69, 9.17) is 10.8 Å². The van der Waals surface area contributed by atoms with Crippen LogP contribution in [0.5, 0.6) is 0 Å². The van der Waals surface area contributed by atoms with E-state index in [1.807, 2.05) is 13.8 Å². The van der Waals surface area contributed by atoms with Crippen LogP contribution in [-0.4, -0.2) is 29.7 Å². The molecule has 14 heavy (non-hydrogen) atoms. The first-order valence-electron chi connectivity index (χ1n) is 4.57. The highest BCUT2D eigenvalue weighted by Crippen LogP contribution is 2.04. The Morgan fingerprint density at radius 2 is 2.00 bits per heavy atom. The van der Waals surface area contributed by atoms with Crippen molar-refractivity contribution < 1.29 is 19.4 Å². The van der Waals surface area contributed by atoms with Crippen LogP contribution in [0.2, 0.25) is 0 Å². The number of ether oxygens (including phenoxy) is 1. The minimum Gasteiger partial charge on any atom is -0.481 e. The molecule has 0 fully saturated rings. The maximum absolute atomic E-state index is 11.1. The van der Waals surface area contributed by atoms with Crippen molar-refractivity contribution in [2.45, 2.75) is 32.7 Å². The molecule has 0 aliphatic rings. The molecule has 0 aliphatic carbocycles. The smallest absolute Gasteiger partial charge is 0.322 e. The molecule has 5 nitrogen and oxygen atoms in total. The van der Waals surface area contributed by atoms with Gasteiger partial charge in [-0.15, -0.1) is 0 Å². The third-order valence-corrected chi connectivity index (χ3v) is 1.59. The fourth-order valence-electron chi connectivity index (χ4n) is 0.950. The quantitative estimate of drug-likeness (QED) is 0.609. The van der Waals surface area contributed by atoms with Crippen LogP contribution in [0.25, 0.3) is 0 Å². The zero-order valence-electron chi connectivity index (χ0n) is 8.53. The van der Waals surface area contributed by atoms with Crippen molar-refractivity contribution in [2.75, 3.05) is 6.61 Å². The van der Waals surface area contributed by atoms with Crippen LogP contribution in [0, 0.1) is 5.92 Å². The lowest BCUT2D eigenvalue weighted by Crippen LogP contribution is -2.33. The van der Waals surface area contributed by atoms with Crippen molar-refractivity contribution in [3.05, 3.63) is 0 Å². The van der Waals surface area contributed by atoms with E-state index in [0.29, 0.717) is 12.3 Å². The first kappa shape index (κ1) is 12.9. The highest BCUT2D eigenvalue weighted by molar-refractivity contribution is 5.75. The predicted octanol–water partition coefficient (Wildman–Crippen LogP) is 0.378. The van der Waals surface area contributed by atoms with Gasteiger partial charge in [0.1, 0.15) is 12.6 Å². The molecule has 0 aliphatic heterocycles. The first-order chi connectivity index (χ1) is 6.43. The Balaban J connectivity index is 3.67. The number of carbonyl (C=O) groups is 2. The summed E-state index contributed by atoms with van der Waals surface area (Å²) in [5, 5.41) is 8.29. The van der Waals surface area contributed by atoms with Crippen LogP contribution in [0.3, 0.4) is 0 Å². The van der Waals surface area contributed by atoms with Gasteiger partial charge in [0.2, 0.25) is 0 Å². The van der Waals surface area contributed by atoms with Crippen molar-refractivity contribution in [2.24, 2.45) is 11.7 Å². The van der Waals surface area contributed by atoms with Crippen LogP contribution < -0.4 is 5.73 Å². The molecule has 82 valence electrons. The van der Waals surface area contributed by atoms with Crippen LogP contribution in [0.1, 0.15) is 26.7 Å². The summed E-state index contributed by atoms with van der Waals surface area (Å²) in [5.41, 5.74) is 5.51. The molecule has 0 amide bonds. The molecule has 0 aromatic carbocycles. The second-order valence-corrected chi connectivity index (χ2v) is 3.55. The van der Waals surface area contributed by atoms with Gasteiger partial charge in [0, 0.05) is 0 Å². The molecule has 0 aromatic rings. The largest absolute Gasteiger partial charge is 0.481 e. The predicted molar refractivity (Wildman–Crippen MR) is 50.6 cm³/mol. The lowest BCUT2D eigenvalue weighted by atomic mass is 10.1. The van der Waals surface area contributed by atoms with Crippen molar-refractivity contribution in [3.63, 3.8) is 0 Å². The van der Waals surface area contributed by atoms with Gasteiger partial charge in [-0.2, -0.15) is 0 Å². The fourth-order valence-corrected chi connectivity index (χ4v) is 0.950. The summed E-state index contributed by atoms with van der Waals surface area (Å²) in [7, 11) is 0. The molecule has 0 saturated heterocycles. The standard InChI is InChI=1S/C9H17NO4/c1-6(2)5-7(10)9(13)14-4-3-8(11)12/h6-7H,3-5,10H2,1-2H3,(H,11,12)/t7-/m0/s1. The molecule has 0 unspecified atom stereocenters. The highest BCUT2D eigenvalue weighted by Gasteiger charge is 2.16. The number of carboxylic acid groups (broad SMARTS) is 1. The molecule has 0 bridgehead atoms. The zero-order chi connectivity index (χ0) is 11.1. The SMILES string of the molecule is CC(C)C[C@H](N)C(=O)OCCC(=O)O. The molecule has 0 saturated carbocycles. The Morgan fingerprint density at radius 3 is 2.43 bits per heavy atom. The van der Waals surface area contributed by atoms with Gasteiger partial charge in [-0.25, -0.2) is 0 Å². The van der Waals surface area contributed by atoms with Crippen LogP contribution in [0.15, 0.2) is 0 Å². The number of rotatable bonds is 6. The van der Waals surface area contributed by atoms with E-state index in [9.17, 15) is 9.59 Å². The molecule has 0 heterocycles. The second-order valence-electron chi connectivity index (χ2n) is 3.55. The summed E-state index contributed by atoms with van der Waals surface area (Å²) in [6.45, 7) is 3.79. The van der Waals surface area contributed by atoms with Gasteiger partial charge in [-0.05, 0) is 12.3 Å². The number of nitrogens with two attached hydrogens (primary N) is 1. The van der Waals surface area contributed by atoms with Crippen LogP contribution >= 0.6 is 0 Å². The molecule has 0 aromatic heterocycles. The lowest BCUT2D eigenvalue weighted by Gasteiger charge is -2.12. The Hall–Kier alpha value is -1.10. The Kier molecular flexibility index (Phi) is 5.87. The number of esters is 1. The van der Waals surface area contributed by atoms with E-state index >= 15 is 0 Å². The Morgan fingerprint density at radius 1 is 1.43 bits per heavy atom. The van der Waals surface area contributed by atoms with E-state index in [2.05, 4.69) is 4.74 Å². The van der Waals surface area contributed by atoms with Crippen molar-refractivity contribution in [1.82, 2.24) is 0 Å². The van der Waals surface area contributed by atoms with E-state index in [1.54, 1.807) is 0 Å². The van der Waals surface area contributed by atoms with Crippen LogP contribution in [0.4, 0.5) is 0 Å². The monoisotopic (exact) mass is 203 g/mol. The summed E-state index contributed by atoms with van der Waals surface area (Å²) in [6.07, 6.45) is 0.367. The van der Waals surface area contributed by atoms with Gasteiger partial charge in [-0.1, -0.05) is 13.8 Å². The number of hydrogen-bond acceptors (Lipinski definition) is 4. The molecular weight excluding hydrogens is 186 g/mol. The molecule has 0 radical (unpaired) electrons. The third-order valence-electron chi connectivity index (χ3n) is 1.59. The van der Waals surface area contributed by atoms with Gasteiger partial charge in [0.05, 0.1) is 6.42 Å². The van der Waals surface area contributed by atoms with E-state index in [-0.39, 0.29) is 13.0 Å². The van der Waals surface area contributed by atoms with Gasteiger partial charge in [0.25, 0.3) is 0 Å². The summed E-state index contributed by atoms with van der Waals surface area (Å²) in [6, 6.07) is -0.649. The Bertz CT molecular complexity index is 203. The molecule has 0 rings (SSSR count). The summed E-state index contributed by atoms with van der Waals surface area (Å²) >= 11 is 0.